The zero-order valence-corrected chi connectivity index (χ0v) is 16.4. The van der Waals surface area contributed by atoms with Crippen molar-refractivity contribution in [2.45, 2.75) is 6.92 Å². The van der Waals surface area contributed by atoms with E-state index in [-0.39, 0.29) is 16.9 Å². The van der Waals surface area contributed by atoms with Crippen LogP contribution in [0.4, 0.5) is 0 Å². The lowest BCUT2D eigenvalue weighted by Gasteiger charge is -2.13. The first kappa shape index (κ1) is 19.9. The van der Waals surface area contributed by atoms with Crippen LogP contribution in [0.3, 0.4) is 0 Å². The fourth-order valence-electron chi connectivity index (χ4n) is 2.94. The largest absolute Gasteiger partial charge is 0.507 e. The van der Waals surface area contributed by atoms with Crippen LogP contribution in [0.15, 0.2) is 47.1 Å². The monoisotopic (exact) mass is 396 g/mol. The van der Waals surface area contributed by atoms with Gasteiger partial charge in [0.1, 0.15) is 5.75 Å². The van der Waals surface area contributed by atoms with Gasteiger partial charge in [-0.3, -0.25) is 9.59 Å². The molecule has 0 aliphatic carbocycles. The fourth-order valence-corrected chi connectivity index (χ4v) is 2.94. The molecule has 0 saturated heterocycles. The summed E-state index contributed by atoms with van der Waals surface area (Å²) in [6, 6.07) is 9.34. The molecule has 1 heterocycles. The lowest BCUT2D eigenvalue weighted by atomic mass is 10.1. The highest BCUT2D eigenvalue weighted by atomic mass is 16.5. The van der Waals surface area contributed by atoms with Gasteiger partial charge in [0.2, 0.25) is 5.75 Å². The molecule has 29 heavy (non-hydrogen) atoms. The minimum Gasteiger partial charge on any atom is -0.507 e. The van der Waals surface area contributed by atoms with E-state index >= 15 is 0 Å². The summed E-state index contributed by atoms with van der Waals surface area (Å²) in [4.78, 5) is 25.5. The molecular weight excluding hydrogens is 376 g/mol. The van der Waals surface area contributed by atoms with Gasteiger partial charge in [0.05, 0.1) is 38.2 Å². The quantitative estimate of drug-likeness (QED) is 0.617. The van der Waals surface area contributed by atoms with Gasteiger partial charge in [-0.25, -0.2) is 0 Å². The smallest absolute Gasteiger partial charge is 0.285 e. The Balaban J connectivity index is 1.98. The maximum Gasteiger partial charge on any atom is 0.285 e. The number of hydrogen-bond donors (Lipinski definition) is 1. The van der Waals surface area contributed by atoms with Gasteiger partial charge in [-0.15, -0.1) is 0 Å². The molecule has 0 spiro atoms. The Morgan fingerprint density at radius 2 is 1.69 bits per heavy atom. The Labute approximate surface area is 167 Å². The molecule has 3 rings (SSSR count). The topological polar surface area (TPSA) is 97.7 Å². The van der Waals surface area contributed by atoms with Crippen LogP contribution in [0.2, 0.25) is 0 Å². The highest BCUT2D eigenvalue weighted by Crippen LogP contribution is 2.39. The maximum absolute atomic E-state index is 12.8. The summed E-state index contributed by atoms with van der Waals surface area (Å²) in [5.74, 6) is -0.233. The predicted molar refractivity (Wildman–Crippen MR) is 106 cm³/mol. The van der Waals surface area contributed by atoms with Crippen LogP contribution >= 0.6 is 0 Å². The summed E-state index contributed by atoms with van der Waals surface area (Å²) in [6.07, 6.45) is 1.59. The number of benzene rings is 2. The molecule has 1 aliphatic rings. The molecule has 0 saturated carbocycles. The number of ether oxygens (including phenoxy) is 3. The molecule has 0 bridgehead atoms. The van der Waals surface area contributed by atoms with Gasteiger partial charge in [-0.1, -0.05) is 12.1 Å². The lowest BCUT2D eigenvalue weighted by Crippen LogP contribution is -2.29. The maximum atomic E-state index is 12.8. The minimum atomic E-state index is -0.708. The first-order valence-corrected chi connectivity index (χ1v) is 8.65. The minimum absolute atomic E-state index is 0.00793. The molecule has 0 atom stereocenters. The van der Waals surface area contributed by atoms with E-state index in [1.165, 1.54) is 33.5 Å². The molecule has 1 aliphatic heterocycles. The SMILES string of the molecule is COc1cc(/C=C2/C(=O)N(C(=O)c3ccccc3O)N=C2C)cc(OC)c1OC. The van der Waals surface area contributed by atoms with Crippen LogP contribution in [0.1, 0.15) is 22.8 Å². The first-order chi connectivity index (χ1) is 13.9. The van der Waals surface area contributed by atoms with Gasteiger partial charge >= 0.3 is 0 Å². The van der Waals surface area contributed by atoms with Gasteiger partial charge in [-0.2, -0.15) is 10.1 Å². The number of amides is 2. The number of phenolic OH excluding ortho intramolecular Hbond substituents is 1. The van der Waals surface area contributed by atoms with Crippen molar-refractivity contribution < 1.29 is 28.9 Å². The van der Waals surface area contributed by atoms with Crippen LogP contribution in [0.5, 0.6) is 23.0 Å². The van der Waals surface area contributed by atoms with E-state index in [0.717, 1.165) is 5.01 Å². The predicted octanol–water partition coefficient (Wildman–Crippen LogP) is 2.86. The fraction of sp³-hybridized carbons (Fsp3) is 0.190. The Morgan fingerprint density at radius 3 is 2.24 bits per heavy atom. The number of carbonyl (C=O) groups excluding carboxylic acids is 2. The number of aromatic hydroxyl groups is 1. The van der Waals surface area contributed by atoms with Crippen molar-refractivity contribution in [1.82, 2.24) is 5.01 Å². The Hall–Kier alpha value is -3.81. The number of rotatable bonds is 5. The van der Waals surface area contributed by atoms with Crippen molar-refractivity contribution in [3.8, 4) is 23.0 Å². The normalized spacial score (nSPS) is 14.8. The molecule has 2 aromatic carbocycles. The molecule has 0 aromatic heterocycles. The second-order valence-electron chi connectivity index (χ2n) is 6.14. The van der Waals surface area contributed by atoms with Crippen LogP contribution in [0.25, 0.3) is 6.08 Å². The third kappa shape index (κ3) is 3.64. The Bertz CT molecular complexity index is 1020. The molecule has 0 radical (unpaired) electrons. The number of phenols is 1. The highest BCUT2D eigenvalue weighted by Gasteiger charge is 2.34. The molecule has 150 valence electrons. The van der Waals surface area contributed by atoms with Gasteiger partial charge in [0.25, 0.3) is 11.8 Å². The summed E-state index contributed by atoms with van der Waals surface area (Å²) in [6.45, 7) is 1.62. The zero-order chi connectivity index (χ0) is 21.1. The highest BCUT2D eigenvalue weighted by molar-refractivity contribution is 6.30. The van der Waals surface area contributed by atoms with Crippen LogP contribution in [-0.4, -0.2) is 49.0 Å². The molecule has 0 unspecified atom stereocenters. The second kappa shape index (κ2) is 8.05. The summed E-state index contributed by atoms with van der Waals surface area (Å²) in [5.41, 5.74) is 1.20. The van der Waals surface area contributed by atoms with E-state index in [1.807, 2.05) is 0 Å². The average molecular weight is 396 g/mol. The van der Waals surface area contributed by atoms with Crippen molar-refractivity contribution in [3.05, 3.63) is 53.1 Å². The second-order valence-corrected chi connectivity index (χ2v) is 6.14. The van der Waals surface area contributed by atoms with E-state index in [0.29, 0.717) is 28.5 Å². The van der Waals surface area contributed by atoms with Gasteiger partial charge in [0, 0.05) is 0 Å². The molecule has 2 amide bonds. The summed E-state index contributed by atoms with van der Waals surface area (Å²) in [7, 11) is 4.49. The number of hydrogen-bond acceptors (Lipinski definition) is 7. The number of nitrogens with zero attached hydrogens (tertiary/aromatic N) is 2. The Kier molecular flexibility index (Phi) is 5.54. The van der Waals surface area contributed by atoms with Gasteiger partial charge in [-0.05, 0) is 42.8 Å². The van der Waals surface area contributed by atoms with E-state index < -0.39 is 11.8 Å². The van der Waals surface area contributed by atoms with E-state index in [2.05, 4.69) is 5.10 Å². The molecule has 1 N–H and O–H groups in total. The van der Waals surface area contributed by atoms with Crippen molar-refractivity contribution in [2.75, 3.05) is 21.3 Å². The molecule has 2 aromatic rings. The molecular formula is C21H20N2O6. The van der Waals surface area contributed by atoms with Crippen molar-refractivity contribution in [2.24, 2.45) is 5.10 Å². The molecule has 8 heteroatoms. The summed E-state index contributed by atoms with van der Waals surface area (Å²) >= 11 is 0. The summed E-state index contributed by atoms with van der Waals surface area (Å²) in [5, 5.41) is 14.7. The zero-order valence-electron chi connectivity index (χ0n) is 16.4. The number of imide groups is 1. The average Bonchev–Trinajstić information content (AvgIpc) is 3.01. The third-order valence-corrected chi connectivity index (χ3v) is 4.39. The number of para-hydroxylation sites is 1. The van der Waals surface area contributed by atoms with Crippen molar-refractivity contribution >= 4 is 23.6 Å². The number of carbonyl (C=O) groups is 2. The summed E-state index contributed by atoms with van der Waals surface area (Å²) < 4.78 is 15.9. The third-order valence-electron chi connectivity index (χ3n) is 4.39. The number of methoxy groups -OCH3 is 3. The van der Waals surface area contributed by atoms with Crippen molar-refractivity contribution in [3.63, 3.8) is 0 Å². The van der Waals surface area contributed by atoms with E-state index in [1.54, 1.807) is 37.3 Å². The lowest BCUT2D eigenvalue weighted by molar-refractivity contribution is -0.123. The first-order valence-electron chi connectivity index (χ1n) is 8.65. The Morgan fingerprint density at radius 1 is 1.07 bits per heavy atom. The number of hydrazone groups is 1. The van der Waals surface area contributed by atoms with Crippen LogP contribution < -0.4 is 14.2 Å². The molecule has 0 fully saturated rings. The van der Waals surface area contributed by atoms with E-state index in [9.17, 15) is 14.7 Å². The van der Waals surface area contributed by atoms with Crippen LogP contribution in [0, 0.1) is 0 Å². The van der Waals surface area contributed by atoms with E-state index in [4.69, 9.17) is 14.2 Å². The van der Waals surface area contributed by atoms with Crippen LogP contribution in [-0.2, 0) is 4.79 Å². The molecule has 8 nitrogen and oxygen atoms in total. The van der Waals surface area contributed by atoms with Crippen molar-refractivity contribution in [1.29, 1.82) is 0 Å². The standard InChI is InChI=1S/C21H20N2O6/c1-12-15(9-13-10-17(27-2)19(29-4)18(11-13)28-3)21(26)23(22-12)20(25)14-7-5-6-8-16(14)24/h5-11,24H,1-4H3/b15-9+. The van der Waals surface area contributed by atoms with Gasteiger partial charge in [0.15, 0.2) is 11.5 Å². The van der Waals surface area contributed by atoms with Gasteiger partial charge < -0.3 is 19.3 Å².